The van der Waals surface area contributed by atoms with Gasteiger partial charge in [0.1, 0.15) is 0 Å². The van der Waals surface area contributed by atoms with Crippen LogP contribution in [-0.4, -0.2) is 41.1 Å². The van der Waals surface area contributed by atoms with E-state index in [4.69, 9.17) is 5.73 Å². The molecule has 2 atom stereocenters. The third-order valence-electron chi connectivity index (χ3n) is 5.01. The molecule has 0 fully saturated rings. The molecule has 0 spiro atoms. The summed E-state index contributed by atoms with van der Waals surface area (Å²) >= 11 is 0. The summed E-state index contributed by atoms with van der Waals surface area (Å²) in [6.07, 6.45) is 5.02. The monoisotopic (exact) mass is 335 g/mol. The average molecular weight is 335 g/mol. The van der Waals surface area contributed by atoms with E-state index in [9.17, 15) is 20.4 Å². The van der Waals surface area contributed by atoms with Crippen molar-refractivity contribution in [2.45, 2.75) is 5.92 Å². The van der Waals surface area contributed by atoms with Crippen LogP contribution in [0, 0.1) is 34.0 Å². The summed E-state index contributed by atoms with van der Waals surface area (Å²) in [5.74, 6) is -2.09. The zero-order valence-corrected chi connectivity index (χ0v) is 13.7. The Morgan fingerprint density at radius 2 is 2.04 bits per heavy atom. The number of aromatic nitrogens is 1. The van der Waals surface area contributed by atoms with Gasteiger partial charge in [-0.05, 0) is 30.3 Å². The quantitative estimate of drug-likeness (QED) is 0.825. The van der Waals surface area contributed by atoms with Gasteiger partial charge < -0.3 is 15.7 Å². The maximum Gasteiger partial charge on any atom is 0.337 e. The number of carboxylic acids is 1. The van der Waals surface area contributed by atoms with Crippen molar-refractivity contribution in [2.75, 3.05) is 20.1 Å². The van der Waals surface area contributed by atoms with Crippen LogP contribution in [0.25, 0.3) is 0 Å². The third kappa shape index (κ3) is 2.37. The standard InChI is InChI=1S/C18H17N5O2/c1-23-7-4-12-13(8-23)15(11-2-5-22-6-3-11)18(9-19,10-20)16(21)14(12)17(24)25/h2-6,13,15H,7-8,21H2,1H3,(H,24,25)/t13-,15-/m1/s1. The molecule has 1 aromatic rings. The van der Waals surface area contributed by atoms with Crippen LogP contribution >= 0.6 is 0 Å². The van der Waals surface area contributed by atoms with Crippen LogP contribution in [0.15, 0.2) is 47.4 Å². The van der Waals surface area contributed by atoms with E-state index in [2.05, 4.69) is 4.98 Å². The molecule has 3 rings (SSSR count). The Kier molecular flexibility index (Phi) is 4.03. The highest BCUT2D eigenvalue weighted by Gasteiger charge is 2.55. The molecule has 2 aliphatic rings. The van der Waals surface area contributed by atoms with E-state index in [0.29, 0.717) is 18.7 Å². The molecular formula is C18H17N5O2. The molecule has 0 amide bonds. The van der Waals surface area contributed by atoms with Gasteiger partial charge in [0.25, 0.3) is 0 Å². The number of hydrogen-bond donors (Lipinski definition) is 2. The Labute approximate surface area is 145 Å². The smallest absolute Gasteiger partial charge is 0.337 e. The lowest BCUT2D eigenvalue weighted by molar-refractivity contribution is -0.132. The van der Waals surface area contributed by atoms with Gasteiger partial charge in [-0.2, -0.15) is 10.5 Å². The van der Waals surface area contributed by atoms with Crippen molar-refractivity contribution < 1.29 is 9.90 Å². The highest BCUT2D eigenvalue weighted by molar-refractivity contribution is 5.94. The number of fused-ring (bicyclic) bond motifs is 1. The zero-order chi connectivity index (χ0) is 18.2. The Balaban J connectivity index is 2.35. The first-order chi connectivity index (χ1) is 12.0. The Hall–Kier alpha value is -3.16. The summed E-state index contributed by atoms with van der Waals surface area (Å²) < 4.78 is 0. The number of carboxylic acid groups (broad SMARTS) is 1. The van der Waals surface area contributed by atoms with Crippen molar-refractivity contribution in [3.8, 4) is 12.1 Å². The molecule has 7 nitrogen and oxygen atoms in total. The Morgan fingerprint density at radius 1 is 1.40 bits per heavy atom. The van der Waals surface area contributed by atoms with Crippen molar-refractivity contribution in [1.82, 2.24) is 9.88 Å². The minimum absolute atomic E-state index is 0.105. The molecule has 1 aromatic heterocycles. The fraction of sp³-hybridized carbons (Fsp3) is 0.333. The van der Waals surface area contributed by atoms with Gasteiger partial charge in [0.05, 0.1) is 23.4 Å². The van der Waals surface area contributed by atoms with Crippen LogP contribution in [0.1, 0.15) is 11.5 Å². The van der Waals surface area contributed by atoms with Gasteiger partial charge in [0, 0.05) is 37.3 Å². The number of nitrogens with zero attached hydrogens (tertiary/aromatic N) is 4. The molecule has 0 unspecified atom stereocenters. The normalized spacial score (nSPS) is 25.3. The van der Waals surface area contributed by atoms with Crippen LogP contribution in [-0.2, 0) is 4.79 Å². The van der Waals surface area contributed by atoms with Crippen LogP contribution in [0.3, 0.4) is 0 Å². The molecule has 0 bridgehead atoms. The van der Waals surface area contributed by atoms with Crippen LogP contribution in [0.4, 0.5) is 0 Å². The summed E-state index contributed by atoms with van der Waals surface area (Å²) in [7, 11) is 1.92. The number of nitriles is 2. The highest BCUT2D eigenvalue weighted by atomic mass is 16.4. The topological polar surface area (TPSA) is 127 Å². The minimum atomic E-state index is -1.74. The summed E-state index contributed by atoms with van der Waals surface area (Å²) in [5, 5.41) is 29.4. The highest BCUT2D eigenvalue weighted by Crippen LogP contribution is 2.54. The first-order valence-electron chi connectivity index (χ1n) is 7.81. The number of hydrogen-bond acceptors (Lipinski definition) is 6. The van der Waals surface area contributed by atoms with Crippen molar-refractivity contribution in [3.05, 3.63) is 53.0 Å². The van der Waals surface area contributed by atoms with Gasteiger partial charge in [-0.3, -0.25) is 4.98 Å². The van der Waals surface area contributed by atoms with Crippen LogP contribution < -0.4 is 5.73 Å². The zero-order valence-electron chi connectivity index (χ0n) is 13.7. The lowest BCUT2D eigenvalue weighted by Crippen LogP contribution is -2.48. The number of carbonyl (C=O) groups is 1. The number of nitrogens with two attached hydrogens (primary N) is 1. The molecular weight excluding hydrogens is 318 g/mol. The first kappa shape index (κ1) is 16.7. The number of allylic oxidation sites excluding steroid dienone is 1. The second-order valence-corrected chi connectivity index (χ2v) is 6.37. The fourth-order valence-electron chi connectivity index (χ4n) is 3.88. The number of likely N-dealkylation sites (N-methyl/N-ethyl adjacent to an activating group) is 1. The van der Waals surface area contributed by atoms with Crippen molar-refractivity contribution in [2.24, 2.45) is 17.1 Å². The largest absolute Gasteiger partial charge is 0.478 e. The van der Waals surface area contributed by atoms with E-state index in [0.717, 1.165) is 5.56 Å². The molecule has 0 radical (unpaired) electrons. The van der Waals surface area contributed by atoms with Gasteiger partial charge in [-0.25, -0.2) is 4.79 Å². The van der Waals surface area contributed by atoms with Crippen molar-refractivity contribution >= 4 is 5.97 Å². The minimum Gasteiger partial charge on any atom is -0.478 e. The molecule has 2 heterocycles. The van der Waals surface area contributed by atoms with Crippen LogP contribution in [0.2, 0.25) is 0 Å². The van der Waals surface area contributed by atoms with Gasteiger partial charge in [-0.15, -0.1) is 0 Å². The van der Waals surface area contributed by atoms with Crippen molar-refractivity contribution in [1.29, 1.82) is 10.5 Å². The lowest BCUT2D eigenvalue weighted by Gasteiger charge is -2.45. The molecule has 1 aliphatic carbocycles. The Morgan fingerprint density at radius 3 is 2.60 bits per heavy atom. The predicted molar refractivity (Wildman–Crippen MR) is 88.6 cm³/mol. The molecule has 3 N–H and O–H groups in total. The maximum atomic E-state index is 11.8. The van der Waals surface area contributed by atoms with Crippen molar-refractivity contribution in [3.63, 3.8) is 0 Å². The van der Waals surface area contributed by atoms with Crippen LogP contribution in [0.5, 0.6) is 0 Å². The Bertz CT molecular complexity index is 846. The number of rotatable bonds is 2. The van der Waals surface area contributed by atoms with E-state index in [1.54, 1.807) is 24.5 Å². The van der Waals surface area contributed by atoms with Gasteiger partial charge in [0.2, 0.25) is 0 Å². The molecule has 1 aliphatic heterocycles. The van der Waals surface area contributed by atoms with Gasteiger partial charge in [0.15, 0.2) is 5.41 Å². The summed E-state index contributed by atoms with van der Waals surface area (Å²) in [6.45, 7) is 1.12. The van der Waals surface area contributed by atoms with Gasteiger partial charge >= 0.3 is 5.97 Å². The van der Waals surface area contributed by atoms with Gasteiger partial charge in [-0.1, -0.05) is 6.08 Å². The second kappa shape index (κ2) is 6.04. The average Bonchev–Trinajstić information content (AvgIpc) is 2.61. The molecule has 126 valence electrons. The molecule has 25 heavy (non-hydrogen) atoms. The lowest BCUT2D eigenvalue weighted by atomic mass is 9.58. The molecule has 0 saturated heterocycles. The van der Waals surface area contributed by atoms with E-state index >= 15 is 0 Å². The maximum absolute atomic E-state index is 11.8. The summed E-state index contributed by atoms with van der Waals surface area (Å²) in [6, 6.07) is 7.55. The molecule has 0 aromatic carbocycles. The number of pyridine rings is 1. The molecule has 7 heteroatoms. The molecule has 0 saturated carbocycles. The van der Waals surface area contributed by atoms with E-state index in [1.807, 2.05) is 30.2 Å². The van der Waals surface area contributed by atoms with E-state index < -0.39 is 17.3 Å². The fourth-order valence-corrected chi connectivity index (χ4v) is 3.88. The SMILES string of the molecule is CN1CC=C2C(C(=O)O)=C(N)C(C#N)(C#N)[C@H](c3ccncc3)[C@@H]2C1. The predicted octanol–water partition coefficient (Wildman–Crippen LogP) is 0.998. The summed E-state index contributed by atoms with van der Waals surface area (Å²) in [4.78, 5) is 17.9. The van der Waals surface area contributed by atoms with E-state index in [-0.39, 0.29) is 17.2 Å². The number of aliphatic carboxylic acids is 1. The third-order valence-corrected chi connectivity index (χ3v) is 5.01. The second-order valence-electron chi connectivity index (χ2n) is 6.37. The van der Waals surface area contributed by atoms with E-state index in [1.165, 1.54) is 0 Å². The first-order valence-corrected chi connectivity index (χ1v) is 7.81. The summed E-state index contributed by atoms with van der Waals surface area (Å²) in [5.41, 5.74) is 5.46.